The van der Waals surface area contributed by atoms with Gasteiger partial charge in [-0.05, 0) is 0 Å². The van der Waals surface area contributed by atoms with Crippen molar-refractivity contribution < 1.29 is 33.6 Å². The normalized spacial score (nSPS) is 0. The summed E-state index contributed by atoms with van der Waals surface area (Å²) >= 11 is 0. The van der Waals surface area contributed by atoms with Crippen LogP contribution in [0.25, 0.3) is 0 Å². The minimum absolute atomic E-state index is 0. The number of hydrogen-bond donors (Lipinski definition) is 0. The minimum atomic E-state index is 0. The summed E-state index contributed by atoms with van der Waals surface area (Å²) in [5, 5.41) is 0. The standard InChI is InChI=1S/Fe.Ni.2H2S/h;;2*1H2. The van der Waals surface area contributed by atoms with Crippen molar-refractivity contribution in [3.63, 3.8) is 0 Å². The molecule has 0 rings (SSSR count). The van der Waals surface area contributed by atoms with Crippen LogP contribution in [0.3, 0.4) is 0 Å². The first-order chi connectivity index (χ1) is 0. The number of hydrogen-bond acceptors (Lipinski definition) is 0. The first-order valence-corrected chi connectivity index (χ1v) is 0. The fraction of sp³-hybridized carbons (Fsp3) is 0. The van der Waals surface area contributed by atoms with Gasteiger partial charge < -0.3 is 0 Å². The molecule has 0 radical (unpaired) electrons. The SMILES string of the molecule is S.S.[Fe].[Ni]. The molecule has 0 fully saturated rings. The van der Waals surface area contributed by atoms with Gasteiger partial charge in [0.1, 0.15) is 0 Å². The molecule has 0 atom stereocenters. The van der Waals surface area contributed by atoms with E-state index in [0.717, 1.165) is 0 Å². The third-order valence-electron chi connectivity index (χ3n) is 0. The Kier molecular flexibility index (Phi) is 239. The molecule has 0 aliphatic heterocycles. The molecule has 0 bridgehead atoms. The third kappa shape index (κ3) is 9.31. The Bertz CT molecular complexity index is 6.00. The Morgan fingerprint density at radius 1 is 0.750 bits per heavy atom. The summed E-state index contributed by atoms with van der Waals surface area (Å²) in [5.41, 5.74) is 0. The Morgan fingerprint density at radius 2 is 0.750 bits per heavy atom. The zero-order chi connectivity index (χ0) is 0. The van der Waals surface area contributed by atoms with Gasteiger partial charge in [0.15, 0.2) is 0 Å². The van der Waals surface area contributed by atoms with E-state index in [4.69, 9.17) is 0 Å². The average Bonchev–Trinajstić information content (AvgIpc) is 0. The Morgan fingerprint density at radius 3 is 0.750 bits per heavy atom. The summed E-state index contributed by atoms with van der Waals surface area (Å²) in [5.74, 6) is 0. The topological polar surface area (TPSA) is 0 Å². The summed E-state index contributed by atoms with van der Waals surface area (Å²) in [4.78, 5) is 0. The maximum Gasteiger partial charge on any atom is 0 e. The van der Waals surface area contributed by atoms with Gasteiger partial charge in [-0.25, -0.2) is 0 Å². The maximum atomic E-state index is 0. The molecule has 0 unspecified atom stereocenters. The monoisotopic (exact) mass is 182 g/mol. The van der Waals surface area contributed by atoms with Crippen molar-refractivity contribution in [3.8, 4) is 0 Å². The Balaban J connectivity index is 0. The Labute approximate surface area is 60.4 Å². The molecular weight excluding hydrogens is 179 g/mol. The molecule has 0 N–H and O–H groups in total. The second kappa shape index (κ2) is 22.1. The molecule has 0 aromatic carbocycles. The predicted octanol–water partition coefficient (Wildman–Crippen LogP) is 0.221. The molecule has 0 spiro atoms. The van der Waals surface area contributed by atoms with E-state index in [9.17, 15) is 0 Å². The second-order valence-electron chi connectivity index (χ2n) is 0. The smallest absolute Gasteiger partial charge is 0 e. The van der Waals surface area contributed by atoms with Gasteiger partial charge in [-0.3, -0.25) is 0 Å². The quantitative estimate of drug-likeness (QED) is 0.471. The molecule has 0 aromatic rings. The van der Waals surface area contributed by atoms with E-state index in [1.165, 1.54) is 0 Å². The molecule has 0 aromatic heterocycles. The molecule has 4 heteroatoms. The van der Waals surface area contributed by atoms with Crippen LogP contribution in [0.5, 0.6) is 0 Å². The van der Waals surface area contributed by atoms with Crippen LogP contribution in [-0.2, 0) is 33.6 Å². The van der Waals surface area contributed by atoms with E-state index in [1.54, 1.807) is 0 Å². The van der Waals surface area contributed by atoms with Gasteiger partial charge in [-0.2, -0.15) is 27.0 Å². The fourth-order valence-electron chi connectivity index (χ4n) is 0. The van der Waals surface area contributed by atoms with Crippen LogP contribution in [0.15, 0.2) is 0 Å². The summed E-state index contributed by atoms with van der Waals surface area (Å²) in [6, 6.07) is 0. The molecule has 0 aliphatic carbocycles. The second-order valence-corrected chi connectivity index (χ2v) is 0. The maximum absolute atomic E-state index is 0. The summed E-state index contributed by atoms with van der Waals surface area (Å²) in [6.45, 7) is 0. The molecular formula is H4FeNiS2. The van der Waals surface area contributed by atoms with Crippen LogP contribution >= 0.6 is 27.0 Å². The van der Waals surface area contributed by atoms with E-state index < -0.39 is 0 Å². The van der Waals surface area contributed by atoms with Crippen LogP contribution in [0.2, 0.25) is 0 Å². The zero-order valence-electron chi connectivity index (χ0n) is 1.67. The molecule has 4 heavy (non-hydrogen) atoms. The van der Waals surface area contributed by atoms with Crippen LogP contribution in [0.1, 0.15) is 0 Å². The third-order valence-corrected chi connectivity index (χ3v) is 0. The van der Waals surface area contributed by atoms with Gasteiger partial charge in [-0.15, -0.1) is 0 Å². The van der Waals surface area contributed by atoms with E-state index >= 15 is 0 Å². The summed E-state index contributed by atoms with van der Waals surface area (Å²) in [6.07, 6.45) is 0. The van der Waals surface area contributed by atoms with Crippen molar-refractivity contribution in [3.05, 3.63) is 0 Å². The van der Waals surface area contributed by atoms with Crippen molar-refractivity contribution in [1.29, 1.82) is 0 Å². The molecule has 0 amide bonds. The molecule has 0 saturated carbocycles. The molecule has 0 nitrogen and oxygen atoms in total. The average molecular weight is 183 g/mol. The predicted molar refractivity (Wildman–Crippen MR) is 20.8 cm³/mol. The zero-order valence-corrected chi connectivity index (χ0v) is 5.76. The van der Waals surface area contributed by atoms with Gasteiger partial charge in [0.25, 0.3) is 0 Å². The van der Waals surface area contributed by atoms with Crippen LogP contribution in [0, 0.1) is 0 Å². The first-order valence-electron chi connectivity index (χ1n) is 0. The minimum Gasteiger partial charge on any atom is -0.197 e. The molecule has 34 valence electrons. The Hall–Kier alpha value is 1.71. The molecule has 0 heterocycles. The van der Waals surface area contributed by atoms with E-state index in [2.05, 4.69) is 0 Å². The van der Waals surface area contributed by atoms with Crippen molar-refractivity contribution >= 4 is 27.0 Å². The van der Waals surface area contributed by atoms with Gasteiger partial charge in [0.2, 0.25) is 0 Å². The van der Waals surface area contributed by atoms with E-state index in [0.29, 0.717) is 0 Å². The van der Waals surface area contributed by atoms with Crippen LogP contribution in [-0.4, -0.2) is 0 Å². The number of rotatable bonds is 0. The van der Waals surface area contributed by atoms with Crippen LogP contribution < -0.4 is 0 Å². The largest absolute Gasteiger partial charge is 0.197 e. The van der Waals surface area contributed by atoms with Crippen molar-refractivity contribution in [2.45, 2.75) is 0 Å². The van der Waals surface area contributed by atoms with Gasteiger partial charge in [0.05, 0.1) is 0 Å². The fourth-order valence-corrected chi connectivity index (χ4v) is 0. The van der Waals surface area contributed by atoms with Crippen molar-refractivity contribution in [1.82, 2.24) is 0 Å². The molecule has 0 aliphatic rings. The first kappa shape index (κ1) is 43.2. The van der Waals surface area contributed by atoms with Gasteiger partial charge >= 0.3 is 0 Å². The van der Waals surface area contributed by atoms with Crippen LogP contribution in [0.4, 0.5) is 0 Å². The molecule has 0 saturated heterocycles. The summed E-state index contributed by atoms with van der Waals surface area (Å²) in [7, 11) is 0. The van der Waals surface area contributed by atoms with Gasteiger partial charge in [-0.1, -0.05) is 0 Å². The van der Waals surface area contributed by atoms with Gasteiger partial charge in [0, 0.05) is 33.6 Å². The van der Waals surface area contributed by atoms with E-state index in [1.807, 2.05) is 0 Å². The van der Waals surface area contributed by atoms with E-state index in [-0.39, 0.29) is 60.6 Å². The van der Waals surface area contributed by atoms with Crippen molar-refractivity contribution in [2.24, 2.45) is 0 Å². The summed E-state index contributed by atoms with van der Waals surface area (Å²) < 4.78 is 0. The van der Waals surface area contributed by atoms with Crippen molar-refractivity contribution in [2.75, 3.05) is 0 Å².